The number of aromatic carboxylic acids is 1. The van der Waals surface area contributed by atoms with Crippen molar-refractivity contribution in [3.63, 3.8) is 0 Å². The largest absolute Gasteiger partial charge is 0.487 e. The third kappa shape index (κ3) is 3.52. The molecule has 8 nitrogen and oxygen atoms in total. The molecule has 178 valence electrons. The maximum atomic E-state index is 15.4. The fraction of sp³-hybridized carbons (Fsp3) is 0.360. The molecule has 2 aliphatic heterocycles. The number of rotatable bonds is 6. The van der Waals surface area contributed by atoms with Gasteiger partial charge in [0.1, 0.15) is 17.9 Å². The number of aromatic nitrogens is 1. The van der Waals surface area contributed by atoms with Gasteiger partial charge in [-0.05, 0) is 37.8 Å². The Labute approximate surface area is 195 Å². The second-order valence-electron chi connectivity index (χ2n) is 8.90. The van der Waals surface area contributed by atoms with Gasteiger partial charge in [-0.15, -0.1) is 0 Å². The van der Waals surface area contributed by atoms with Crippen LogP contribution in [0.3, 0.4) is 0 Å². The number of carboxylic acid groups (broad SMARTS) is 1. The van der Waals surface area contributed by atoms with E-state index in [1.165, 1.54) is 17.4 Å². The first-order valence-electron chi connectivity index (χ1n) is 11.5. The van der Waals surface area contributed by atoms with E-state index >= 15 is 4.39 Å². The van der Waals surface area contributed by atoms with Gasteiger partial charge in [0.15, 0.2) is 11.6 Å². The lowest BCUT2D eigenvalue weighted by atomic mass is 10.0. The van der Waals surface area contributed by atoms with E-state index in [2.05, 4.69) is 28.4 Å². The highest BCUT2D eigenvalue weighted by Gasteiger charge is 2.30. The number of aryl methyl sites for hydroxylation is 1. The summed E-state index contributed by atoms with van der Waals surface area (Å²) in [6, 6.07) is 8.15. The van der Waals surface area contributed by atoms with Crippen molar-refractivity contribution in [2.24, 2.45) is 0 Å². The number of para-hydroxylation sites is 1. The summed E-state index contributed by atoms with van der Waals surface area (Å²) in [5.41, 5.74) is 7.43. The Bertz CT molecular complexity index is 1350. The van der Waals surface area contributed by atoms with Crippen LogP contribution in [0.2, 0.25) is 0 Å². The van der Waals surface area contributed by atoms with Crippen molar-refractivity contribution in [2.75, 3.05) is 42.2 Å². The maximum Gasteiger partial charge on any atom is 0.341 e. The molecule has 1 aromatic heterocycles. The van der Waals surface area contributed by atoms with Crippen molar-refractivity contribution in [1.82, 2.24) is 4.57 Å². The predicted molar refractivity (Wildman–Crippen MR) is 130 cm³/mol. The van der Waals surface area contributed by atoms with Gasteiger partial charge < -0.3 is 30.4 Å². The molecular formula is C25H27FN4O4. The number of anilines is 3. The van der Waals surface area contributed by atoms with E-state index < -0.39 is 22.8 Å². The third-order valence-electron chi connectivity index (χ3n) is 6.69. The lowest BCUT2D eigenvalue weighted by Crippen LogP contribution is -2.31. The summed E-state index contributed by atoms with van der Waals surface area (Å²) < 4.78 is 22.8. The van der Waals surface area contributed by atoms with Gasteiger partial charge in [0.05, 0.1) is 22.6 Å². The Morgan fingerprint density at radius 1 is 1.35 bits per heavy atom. The first-order valence-corrected chi connectivity index (χ1v) is 11.5. The molecule has 0 bridgehead atoms. The summed E-state index contributed by atoms with van der Waals surface area (Å²) in [5, 5.41) is 12.4. The van der Waals surface area contributed by atoms with E-state index in [4.69, 9.17) is 10.5 Å². The Kier molecular flexibility index (Phi) is 5.55. The number of carboxylic acids is 1. The number of nitrogens with two attached hydrogens (primary N) is 1. The van der Waals surface area contributed by atoms with Gasteiger partial charge in [-0.25, -0.2) is 9.18 Å². The molecule has 3 heterocycles. The van der Waals surface area contributed by atoms with Gasteiger partial charge >= 0.3 is 5.97 Å². The van der Waals surface area contributed by atoms with Crippen LogP contribution in [-0.4, -0.2) is 41.9 Å². The molecule has 9 heteroatoms. The van der Waals surface area contributed by atoms with Crippen molar-refractivity contribution in [1.29, 1.82) is 0 Å². The number of hydrogen-bond acceptors (Lipinski definition) is 6. The number of pyridine rings is 1. The number of benzene rings is 2. The van der Waals surface area contributed by atoms with E-state index in [0.29, 0.717) is 12.1 Å². The summed E-state index contributed by atoms with van der Waals surface area (Å²) >= 11 is 0. The van der Waals surface area contributed by atoms with Crippen molar-refractivity contribution < 1.29 is 19.0 Å². The zero-order valence-corrected chi connectivity index (χ0v) is 18.9. The molecule has 4 N–H and O–H groups in total. The second-order valence-corrected chi connectivity index (χ2v) is 8.90. The lowest BCUT2D eigenvalue weighted by Gasteiger charge is -2.31. The Balaban J connectivity index is 1.44. The molecule has 0 aliphatic carbocycles. The first kappa shape index (κ1) is 22.1. The number of nitrogens with one attached hydrogen (secondary N) is 1. The van der Waals surface area contributed by atoms with Crippen molar-refractivity contribution in [3.05, 3.63) is 57.6 Å². The molecule has 34 heavy (non-hydrogen) atoms. The lowest BCUT2D eigenvalue weighted by molar-refractivity contribution is 0.0694. The summed E-state index contributed by atoms with van der Waals surface area (Å²) in [6.45, 7) is 4.32. The number of halogens is 1. The molecule has 0 fully saturated rings. The molecule has 0 unspecified atom stereocenters. The summed E-state index contributed by atoms with van der Waals surface area (Å²) in [7, 11) is 0. The molecule has 2 aliphatic rings. The minimum Gasteiger partial charge on any atom is -0.487 e. The van der Waals surface area contributed by atoms with Gasteiger partial charge in [0, 0.05) is 31.5 Å². The SMILES string of the molecule is C[C@H]1COc2c(NCCCN3CCCc4ccccc43)c(F)c(N)c3c(=O)c(C(=O)O)cn1c23. The van der Waals surface area contributed by atoms with Gasteiger partial charge in [-0.3, -0.25) is 4.79 Å². The van der Waals surface area contributed by atoms with Crippen molar-refractivity contribution >= 4 is 33.9 Å². The number of ether oxygens (including phenoxy) is 1. The van der Waals surface area contributed by atoms with Crippen LogP contribution in [0.1, 0.15) is 41.7 Å². The van der Waals surface area contributed by atoms with Crippen LogP contribution in [0, 0.1) is 5.82 Å². The van der Waals surface area contributed by atoms with Crippen LogP contribution in [-0.2, 0) is 6.42 Å². The molecule has 0 radical (unpaired) electrons. The molecular weight excluding hydrogens is 439 g/mol. The molecule has 5 rings (SSSR count). The van der Waals surface area contributed by atoms with Crippen LogP contribution in [0.5, 0.6) is 5.75 Å². The van der Waals surface area contributed by atoms with E-state index in [1.54, 1.807) is 4.57 Å². The second kappa shape index (κ2) is 8.55. The molecule has 0 saturated heterocycles. The van der Waals surface area contributed by atoms with E-state index in [9.17, 15) is 14.7 Å². The molecule has 3 aromatic rings. The monoisotopic (exact) mass is 466 g/mol. The topological polar surface area (TPSA) is 110 Å². The highest BCUT2D eigenvalue weighted by Crippen LogP contribution is 2.43. The van der Waals surface area contributed by atoms with Gasteiger partial charge in [0.2, 0.25) is 5.43 Å². The van der Waals surface area contributed by atoms with Crippen LogP contribution >= 0.6 is 0 Å². The van der Waals surface area contributed by atoms with Gasteiger partial charge in [-0.2, -0.15) is 0 Å². The maximum absolute atomic E-state index is 15.4. The highest BCUT2D eigenvalue weighted by atomic mass is 19.1. The molecule has 0 spiro atoms. The van der Waals surface area contributed by atoms with E-state index in [1.807, 2.05) is 13.0 Å². The Morgan fingerprint density at radius 2 is 2.15 bits per heavy atom. The Hall–Kier alpha value is -3.75. The zero-order chi connectivity index (χ0) is 24.0. The molecule has 1 atom stereocenters. The summed E-state index contributed by atoms with van der Waals surface area (Å²) in [6.07, 6.45) is 4.23. The highest BCUT2D eigenvalue weighted by molar-refractivity contribution is 6.03. The van der Waals surface area contributed by atoms with Crippen molar-refractivity contribution in [3.8, 4) is 5.75 Å². The number of hydrogen-bond donors (Lipinski definition) is 3. The minimum absolute atomic E-state index is 0.104. The smallest absolute Gasteiger partial charge is 0.341 e. The minimum atomic E-state index is -1.38. The molecule has 0 amide bonds. The standard InChI is InChI=1S/C25H27FN4O4/c1-14-13-34-24-21(28-9-5-11-29-10-4-7-15-6-2-3-8-17(15)29)19(26)20(27)18-22(24)30(14)12-16(23(18)31)25(32)33/h2-3,6,8,12,14,28H,4-5,7,9-11,13,27H2,1H3,(H,32,33)/t14-/m0/s1. The van der Waals surface area contributed by atoms with Crippen LogP contribution < -0.4 is 26.1 Å². The summed E-state index contributed by atoms with van der Waals surface area (Å²) in [5.74, 6) is -1.99. The average molecular weight is 467 g/mol. The zero-order valence-electron chi connectivity index (χ0n) is 18.9. The number of fused-ring (bicyclic) bond motifs is 1. The number of nitrogen functional groups attached to an aromatic ring is 1. The van der Waals surface area contributed by atoms with Crippen molar-refractivity contribution in [2.45, 2.75) is 32.2 Å². The first-order chi connectivity index (χ1) is 16.4. The third-order valence-corrected chi connectivity index (χ3v) is 6.69. The van der Waals surface area contributed by atoms with E-state index in [-0.39, 0.29) is 35.2 Å². The quantitative estimate of drug-likeness (QED) is 0.376. The predicted octanol–water partition coefficient (Wildman–Crippen LogP) is 3.63. The number of nitrogens with zero attached hydrogens (tertiary/aromatic N) is 2. The van der Waals surface area contributed by atoms with Gasteiger partial charge in [0.25, 0.3) is 0 Å². The average Bonchev–Trinajstić information content (AvgIpc) is 2.83. The Morgan fingerprint density at radius 3 is 2.94 bits per heavy atom. The van der Waals surface area contributed by atoms with Gasteiger partial charge in [-0.1, -0.05) is 18.2 Å². The summed E-state index contributed by atoms with van der Waals surface area (Å²) in [4.78, 5) is 26.8. The normalized spacial score (nSPS) is 16.8. The van der Waals surface area contributed by atoms with Crippen LogP contribution in [0.4, 0.5) is 21.5 Å². The fourth-order valence-corrected chi connectivity index (χ4v) is 4.99. The molecule has 2 aromatic carbocycles. The van der Waals surface area contributed by atoms with Crippen LogP contribution in [0.15, 0.2) is 35.3 Å². The van der Waals surface area contributed by atoms with Crippen LogP contribution in [0.25, 0.3) is 10.9 Å². The number of carbonyl (C=O) groups is 1. The van der Waals surface area contributed by atoms with E-state index in [0.717, 1.165) is 32.4 Å². The molecule has 0 saturated carbocycles. The fourth-order valence-electron chi connectivity index (χ4n) is 4.99.